The van der Waals surface area contributed by atoms with E-state index in [0.29, 0.717) is 16.9 Å². The lowest BCUT2D eigenvalue weighted by Gasteiger charge is -2.48. The van der Waals surface area contributed by atoms with Crippen molar-refractivity contribution < 1.29 is 235 Å². The van der Waals surface area contributed by atoms with Gasteiger partial charge in [0.2, 0.25) is 23.6 Å². The number of hydrogen-bond acceptors (Lipinski definition) is 47. The first-order chi connectivity index (χ1) is 66.8. The van der Waals surface area contributed by atoms with Crippen molar-refractivity contribution in [2.45, 2.75) is 224 Å². The molecule has 0 aliphatic carbocycles. The fourth-order valence-corrected chi connectivity index (χ4v) is 14.8. The van der Waals surface area contributed by atoms with E-state index in [1.54, 1.807) is 30.3 Å². The highest BCUT2D eigenvalue weighted by Crippen LogP contribution is 2.37. The predicted molar refractivity (Wildman–Crippen MR) is 460 cm³/mol. The summed E-state index contributed by atoms with van der Waals surface area (Å²) in [5, 5.41) is 215. The Kier molecular flexibility index (Phi) is 52.6. The molecule has 0 saturated carbocycles. The van der Waals surface area contributed by atoms with E-state index in [2.05, 4.69) is 31.9 Å². The number of aliphatic hydroxyl groups is 18. The van der Waals surface area contributed by atoms with Crippen molar-refractivity contribution in [1.29, 1.82) is 0 Å². The lowest BCUT2D eigenvalue weighted by Crippen LogP contribution is -2.68. The summed E-state index contributed by atoms with van der Waals surface area (Å²) in [6.45, 7) is 0.285. The van der Waals surface area contributed by atoms with Gasteiger partial charge < -0.3 is 233 Å². The van der Waals surface area contributed by atoms with Gasteiger partial charge in [-0.2, -0.15) is 0 Å². The summed E-state index contributed by atoms with van der Waals surface area (Å²) in [7, 11) is 0. The molecule has 0 radical (unpaired) electrons. The van der Waals surface area contributed by atoms with Crippen molar-refractivity contribution in [3.05, 3.63) is 48.0 Å². The van der Waals surface area contributed by atoms with Crippen LogP contribution in [0.15, 0.2) is 42.5 Å². The second kappa shape index (κ2) is 62.5. The van der Waals surface area contributed by atoms with E-state index in [1.165, 1.54) is 12.1 Å². The molecule has 6 aliphatic heterocycles. The van der Waals surface area contributed by atoms with Crippen LogP contribution in [0.1, 0.15) is 49.9 Å². The summed E-state index contributed by atoms with van der Waals surface area (Å²) in [4.78, 5) is 86.9. The Morgan fingerprint density at radius 2 is 0.619 bits per heavy atom. The Bertz CT molecular complexity index is 3880. The average molecular weight is 2010 g/mol. The van der Waals surface area contributed by atoms with Gasteiger partial charge in [-0.05, 0) is 54.3 Å². The van der Waals surface area contributed by atoms with Crippen LogP contribution in [0.4, 0.5) is 0 Å². The lowest BCUT2D eigenvalue weighted by molar-refractivity contribution is -0.376. The molecule has 2 aromatic carbocycles. The number of benzene rings is 2. The first kappa shape index (κ1) is 117. The maximum absolute atomic E-state index is 12.6. The second-order valence-electron chi connectivity index (χ2n) is 32.5. The van der Waals surface area contributed by atoms with Crippen LogP contribution in [0, 0.1) is 0 Å². The van der Waals surface area contributed by atoms with Crippen molar-refractivity contribution in [2.24, 2.45) is 0 Å². The van der Waals surface area contributed by atoms with E-state index in [1.807, 2.05) is 0 Å². The second-order valence-corrected chi connectivity index (χ2v) is 32.5. The maximum Gasteiger partial charge on any atom is 0.335 e. The van der Waals surface area contributed by atoms with E-state index in [-0.39, 0.29) is 201 Å². The first-order valence-electron chi connectivity index (χ1n) is 45.4. The molecule has 54 nitrogen and oxygen atoms in total. The summed E-state index contributed by atoms with van der Waals surface area (Å²) in [5.74, 6) is -3.59. The molecule has 0 aromatic heterocycles. The van der Waals surface area contributed by atoms with E-state index in [0.717, 1.165) is 13.8 Å². The average Bonchev–Trinajstić information content (AvgIpc) is 0.764. The highest BCUT2D eigenvalue weighted by Gasteiger charge is 2.57. The molecule has 139 heavy (non-hydrogen) atoms. The van der Waals surface area contributed by atoms with Crippen LogP contribution < -0.4 is 41.4 Å². The number of rotatable bonds is 64. The zero-order valence-corrected chi connectivity index (χ0v) is 76.7. The van der Waals surface area contributed by atoms with Gasteiger partial charge in [0.1, 0.15) is 158 Å². The summed E-state index contributed by atoms with van der Waals surface area (Å²) in [5.41, 5.74) is 0.961. The fraction of sp³-hybridized carbons (Fsp3) is 0.776. The van der Waals surface area contributed by atoms with Crippen LogP contribution in [0.25, 0.3) is 11.1 Å². The van der Waals surface area contributed by atoms with Gasteiger partial charge in [-0.25, -0.2) is 4.79 Å². The van der Waals surface area contributed by atoms with E-state index >= 15 is 0 Å². The smallest absolute Gasteiger partial charge is 0.335 e. The van der Waals surface area contributed by atoms with Crippen molar-refractivity contribution in [2.75, 3.05) is 198 Å². The third-order valence-electron chi connectivity index (χ3n) is 22.2. The first-order valence-corrected chi connectivity index (χ1v) is 45.4. The lowest BCUT2D eigenvalue weighted by atomic mass is 9.95. The Balaban J connectivity index is 0.575. The molecule has 6 heterocycles. The number of amides is 6. The molecule has 794 valence electrons. The Morgan fingerprint density at radius 3 is 0.971 bits per heavy atom. The fourth-order valence-electron chi connectivity index (χ4n) is 14.8. The number of nitrogens with one attached hydrogen (secondary N) is 6. The molecule has 6 saturated heterocycles. The zero-order chi connectivity index (χ0) is 101. The van der Waals surface area contributed by atoms with Gasteiger partial charge >= 0.3 is 5.97 Å². The Hall–Kier alpha value is -7.19. The molecule has 0 bridgehead atoms. The van der Waals surface area contributed by atoms with Gasteiger partial charge in [0.15, 0.2) is 51.0 Å². The third-order valence-corrected chi connectivity index (χ3v) is 22.2. The maximum atomic E-state index is 12.6. The molecule has 25 N–H and O–H groups in total. The van der Waals surface area contributed by atoms with Gasteiger partial charge in [-0.1, -0.05) is 12.1 Å². The number of carbonyl (C=O) groups is 7. The normalized spacial score (nSPS) is 31.5. The van der Waals surface area contributed by atoms with Crippen molar-refractivity contribution in [3.8, 4) is 22.6 Å². The monoisotopic (exact) mass is 2010 g/mol. The van der Waals surface area contributed by atoms with Gasteiger partial charge in [0.25, 0.3) is 11.8 Å². The van der Waals surface area contributed by atoms with Gasteiger partial charge in [0, 0.05) is 52.9 Å². The summed E-state index contributed by atoms with van der Waals surface area (Å²) >= 11 is 0. The number of carboxylic acids is 1. The highest BCUT2D eigenvalue weighted by atomic mass is 16.8. The van der Waals surface area contributed by atoms with Gasteiger partial charge in [0.05, 0.1) is 164 Å². The number of ether oxygens (including phenoxy) is 22. The summed E-state index contributed by atoms with van der Waals surface area (Å²) in [6, 6.07) is 8.12. The Labute approximate surface area is 797 Å². The number of carboxylic acid groups (broad SMARTS) is 1. The van der Waals surface area contributed by atoms with E-state index < -0.39 is 260 Å². The zero-order valence-electron chi connectivity index (χ0n) is 76.7. The molecular weight excluding hydrogens is 1870 g/mol. The molecule has 2 aromatic rings. The minimum Gasteiger partial charge on any atom is -0.484 e. The standard InChI is InChI=1S/C85H136N6O48/c1-44(98)90-61-67(108)75(136-84-73(114)77(65(106)53(38-94)132-84)138-82-71(112)69(110)63(104)51(36-92)130-82)55(40-96)134-80(61)126-15-3-11-86-57(100)9-17-118-21-25-122-29-31-124-27-23-120-19-13-88-59(102)42-128-49-7-5-46(6-8-49)47-33-48(79(116)117)35-50(34-47)129-43-60(103)89-14-20-121-24-28-125-32-30-123-26-22-119-18-10-58(101)87-12-4-16-127-81-62(91-45(2)99)68(109)76(56(41-97)135-81)137-85-74(115)78(66(107)54(39-95)133-85)139-83-72(113)70(111)64(105)52(37-93)131-83/h5-8,33-35,51-56,61-78,80-85,92-97,104-115H,3-4,9-32,36-43H2,1-2H3,(H,86,100)(H,87,101)(H,88,102)(H,89,103)(H,90,98)(H,91,99)(H,116,117)/t51-,52-,53-,54-,55-,56-,61-,62-,63+,64+,65+,66+,67-,68-,69+,70+,71-,72-,73-,74-,75-,76-,77+,78+,80-,81-,82-,83-,84+,85+/m1/s1. The van der Waals surface area contributed by atoms with Crippen LogP contribution in [-0.2, 0) is 124 Å². The molecule has 54 heteroatoms. The van der Waals surface area contributed by atoms with Crippen LogP contribution >= 0.6 is 0 Å². The summed E-state index contributed by atoms with van der Waals surface area (Å²) < 4.78 is 124. The van der Waals surface area contributed by atoms with Gasteiger partial charge in [-0.3, -0.25) is 28.8 Å². The minimum absolute atomic E-state index is 0.0188. The Morgan fingerprint density at radius 1 is 0.302 bits per heavy atom. The molecule has 0 unspecified atom stereocenters. The van der Waals surface area contributed by atoms with E-state index in [9.17, 15) is 131 Å². The van der Waals surface area contributed by atoms with Crippen LogP contribution in [0.3, 0.4) is 0 Å². The molecule has 6 amide bonds. The molecule has 6 fully saturated rings. The number of aliphatic hydroxyl groups excluding tert-OH is 18. The summed E-state index contributed by atoms with van der Waals surface area (Å²) in [6.07, 6.45) is -47.4. The molecule has 8 rings (SSSR count). The topological polar surface area (TPSA) is 779 Å². The van der Waals surface area contributed by atoms with Gasteiger partial charge in [-0.15, -0.1) is 0 Å². The van der Waals surface area contributed by atoms with E-state index in [4.69, 9.17) is 104 Å². The molecule has 30 atom stereocenters. The van der Waals surface area contributed by atoms with Crippen molar-refractivity contribution in [1.82, 2.24) is 31.9 Å². The highest BCUT2D eigenvalue weighted by molar-refractivity contribution is 5.90. The number of hydrogen-bond donors (Lipinski definition) is 25. The van der Waals surface area contributed by atoms with Crippen LogP contribution in [0.5, 0.6) is 11.5 Å². The number of aromatic carboxylic acids is 1. The third kappa shape index (κ3) is 37.4. The van der Waals surface area contributed by atoms with Crippen LogP contribution in [-0.4, -0.2) is 521 Å². The SMILES string of the molecule is CC(=O)N[C@H]1[C@H](OCCCNC(=O)CCOCCOCCOCCOCCNC(=O)COc2ccc(-c3cc(OCC(=O)NCCOCCOCCOCCOCCC(=O)NCCCO[C@@H]4O[C@H](CO)[C@@H](O[C@@H]5O[C@H](CO)[C@H](O)[C@H](O[C@H]6O[C@H](CO)[C@H](O)[C@H](O)[C@H]6O)[C@H]5O)[C@H](O)[C@H]4NC(C)=O)cc(C(=O)O)c3)cc2)O[C@H](CO)[C@@H](O[C@@H]2O[C@H](CO)[C@H](O)[C@H](O[C@H]3O[C@H](CO)[C@H](O)[C@H](O)[C@H]3O)[C@H]2O)[C@@H]1O. The predicted octanol–water partition coefficient (Wildman–Crippen LogP) is -12.8. The molecule has 6 aliphatic rings. The minimum atomic E-state index is -2.00. The van der Waals surface area contributed by atoms with Crippen LogP contribution in [0.2, 0.25) is 0 Å². The quantitative estimate of drug-likeness (QED) is 0.0274. The largest absolute Gasteiger partial charge is 0.484 e. The molecule has 0 spiro atoms. The number of carbonyl (C=O) groups excluding carboxylic acids is 6. The van der Waals surface area contributed by atoms with Crippen molar-refractivity contribution >= 4 is 41.4 Å². The molecular formula is C85H136N6O48. The van der Waals surface area contributed by atoms with Crippen molar-refractivity contribution in [3.63, 3.8) is 0 Å².